The number of anilines is 1. The van der Waals surface area contributed by atoms with E-state index in [1.807, 2.05) is 18.4 Å². The van der Waals surface area contributed by atoms with E-state index in [9.17, 15) is 38.0 Å². The molecule has 90 heavy (non-hydrogen) atoms. The molecule has 0 spiro atoms. The molecular formula is C66H118F4N4O16. The van der Waals surface area contributed by atoms with Gasteiger partial charge in [-0.3, -0.25) is 9.56 Å². The molecule has 1 aromatic rings. The number of ether oxygens (including phenoxy) is 9. The zero-order valence-electron chi connectivity index (χ0n) is 58.2. The summed E-state index contributed by atoms with van der Waals surface area (Å²) in [6.07, 6.45) is -1.52. The Bertz CT molecular complexity index is 2380. The molecule has 9 rings (SSSR count). The highest BCUT2D eigenvalue weighted by Crippen LogP contribution is 2.62. The van der Waals surface area contributed by atoms with Crippen LogP contribution in [0.25, 0.3) is 0 Å². The second-order valence-electron chi connectivity index (χ2n) is 28.5. The van der Waals surface area contributed by atoms with Gasteiger partial charge in [-0.05, 0) is 104 Å². The highest BCUT2D eigenvalue weighted by atomic mass is 19.3. The Balaban J connectivity index is 0.000000278. The third kappa shape index (κ3) is 17.8. The minimum atomic E-state index is -3.21. The third-order valence-corrected chi connectivity index (χ3v) is 21.3. The number of rotatable bonds is 11. The summed E-state index contributed by atoms with van der Waals surface area (Å²) in [6.45, 7) is 45.7. The van der Waals surface area contributed by atoms with Crippen molar-refractivity contribution < 1.29 is 95.9 Å². The molecule has 8 aliphatic rings. The minimum absolute atomic E-state index is 0.0128. The van der Waals surface area contributed by atoms with Gasteiger partial charge in [0.05, 0.1) is 68.5 Å². The molecule has 0 amide bonds. The SMILES string of the molecule is C=C1[C@@H](C)C[C@H](C)[C@H]1CO.C=C1[C@@H](C)C[C@H](O)[C@H]1CC.CC[C@H]1O[C@@H](n2cnc3c2NC=NC[C@H]3O)C[C@@H]1O.COC1OC(C)C(F)(F)C1O.COCC1OC(C)C(F)(F)C1O.COC[C@]1(CO)CC(C)(C)C(C)(C)O1.CO[C@@]1(C)OC(C)(C)C(C)(C)C1(C)C. The molecule has 0 radical (unpaired) electrons. The third-order valence-electron chi connectivity index (χ3n) is 21.3. The smallest absolute Gasteiger partial charge is 0.303 e. The predicted molar refractivity (Wildman–Crippen MR) is 337 cm³/mol. The molecule has 526 valence electrons. The Morgan fingerprint density at radius 2 is 1.24 bits per heavy atom. The van der Waals surface area contributed by atoms with E-state index in [-0.39, 0.29) is 65.7 Å². The number of nitrogens with zero attached hydrogens (tertiary/aromatic N) is 3. The maximum Gasteiger partial charge on any atom is 0.303 e. The highest BCUT2D eigenvalue weighted by molar-refractivity contribution is 5.76. The topological polar surface area (TPSA) is 267 Å². The number of aromatic nitrogens is 2. The largest absolute Gasteiger partial charge is 0.396 e. The number of aliphatic hydroxyl groups excluding tert-OH is 7. The molecule has 7 fully saturated rings. The fraction of sp³-hybridized carbons (Fsp3) is 0.879. The minimum Gasteiger partial charge on any atom is -0.396 e. The summed E-state index contributed by atoms with van der Waals surface area (Å²) in [5.41, 5.74) is 2.29. The van der Waals surface area contributed by atoms with Gasteiger partial charge in [-0.1, -0.05) is 100 Å². The van der Waals surface area contributed by atoms with Crippen LogP contribution in [0.15, 0.2) is 35.6 Å². The summed E-state index contributed by atoms with van der Waals surface area (Å²) in [7, 11) is 5.94. The van der Waals surface area contributed by atoms with Crippen molar-refractivity contribution in [2.45, 2.75) is 265 Å². The molecule has 0 bridgehead atoms. The van der Waals surface area contributed by atoms with Crippen molar-refractivity contribution in [3.63, 3.8) is 0 Å². The van der Waals surface area contributed by atoms with E-state index in [1.165, 1.54) is 45.6 Å². The standard InChI is InChI=1S/C12H18N4O3.C12H24O2.C11H22O3.2C9H16O.C7H12F2O3.C6H10F2O3/c1-2-9-7(17)3-10(19-9)16-6-15-11-8(18)4-13-5-14-12(11)16;1-9(2)10(3,4)12(7,13-8)14-11(9,5)6;1-9(2)6-11(7-12,8-13-5)14-10(9,3)4;1-6-4-7(2)9(5-10)8(6)3;1-4-8-7(3)6(2)5-9(8)10;1-4-7(8,9)6(10)5(12-4)3-11-2;1-3-6(7,8)4(9)5(10-2)11-3/h5-10,17-18H,2-4H2,1H3,(H,13,14);1-8H3;12H,6-8H2,1-5H3;6-7,9-10H,3-5H2,1-2H3;6,8-10H,3-5H2,1-2H3;4-6,10H,3H2,1-2H3;3-5,9H,1-2H3/t7-,8+,9+,10+;12-;11-;6-,7-,9+;6-,8-,9-;;/m00100../s1. The molecule has 6 unspecified atom stereocenters. The molecule has 5 saturated heterocycles. The van der Waals surface area contributed by atoms with E-state index in [2.05, 4.69) is 140 Å². The lowest BCUT2D eigenvalue weighted by atomic mass is 9.60. The molecule has 7 heterocycles. The van der Waals surface area contributed by atoms with E-state index in [0.29, 0.717) is 60.7 Å². The number of imidazole rings is 1. The van der Waals surface area contributed by atoms with E-state index >= 15 is 0 Å². The predicted octanol–water partition coefficient (Wildman–Crippen LogP) is 9.81. The van der Waals surface area contributed by atoms with Crippen LogP contribution in [0.4, 0.5) is 23.4 Å². The molecule has 2 aliphatic carbocycles. The number of halogens is 4. The van der Waals surface area contributed by atoms with Gasteiger partial charge in [0, 0.05) is 64.1 Å². The number of aliphatic hydroxyl groups is 7. The van der Waals surface area contributed by atoms with E-state index < -0.39 is 72.3 Å². The Kier molecular flexibility index (Phi) is 29.3. The van der Waals surface area contributed by atoms with Crippen LogP contribution in [0.3, 0.4) is 0 Å². The first-order chi connectivity index (χ1) is 41.3. The lowest BCUT2D eigenvalue weighted by molar-refractivity contribution is -0.252. The van der Waals surface area contributed by atoms with Crippen LogP contribution in [0.5, 0.6) is 0 Å². The first-order valence-corrected chi connectivity index (χ1v) is 31.8. The Hall–Kier alpha value is -2.76. The number of hydrogen-bond acceptors (Lipinski definition) is 19. The summed E-state index contributed by atoms with van der Waals surface area (Å²) in [5, 5.41) is 68.6. The molecule has 18 atom stereocenters. The van der Waals surface area contributed by atoms with Crippen LogP contribution in [0, 0.1) is 45.8 Å². The van der Waals surface area contributed by atoms with Gasteiger partial charge in [0.1, 0.15) is 53.9 Å². The fourth-order valence-electron chi connectivity index (χ4n) is 13.1. The number of hydrogen-bond donors (Lipinski definition) is 8. The van der Waals surface area contributed by atoms with Gasteiger partial charge in [-0.15, -0.1) is 0 Å². The molecular weight excluding hydrogens is 1180 g/mol. The summed E-state index contributed by atoms with van der Waals surface area (Å²) < 4.78 is 100. The first-order valence-electron chi connectivity index (χ1n) is 31.8. The zero-order chi connectivity index (χ0) is 69.3. The van der Waals surface area contributed by atoms with Gasteiger partial charge in [-0.2, -0.15) is 0 Å². The Morgan fingerprint density at radius 3 is 1.58 bits per heavy atom. The molecule has 24 heteroatoms. The quantitative estimate of drug-likeness (QED) is 0.0756. The van der Waals surface area contributed by atoms with Crippen LogP contribution < -0.4 is 5.32 Å². The van der Waals surface area contributed by atoms with Crippen molar-refractivity contribution in [3.05, 3.63) is 36.3 Å². The van der Waals surface area contributed by atoms with Gasteiger partial charge >= 0.3 is 11.8 Å². The van der Waals surface area contributed by atoms with Crippen molar-refractivity contribution in [1.82, 2.24) is 9.55 Å². The van der Waals surface area contributed by atoms with E-state index in [0.717, 1.165) is 25.7 Å². The van der Waals surface area contributed by atoms with Crippen LogP contribution in [-0.2, 0) is 42.6 Å². The number of fused-ring (bicyclic) bond motifs is 1. The zero-order valence-corrected chi connectivity index (χ0v) is 58.2. The lowest BCUT2D eigenvalue weighted by Gasteiger charge is -2.44. The van der Waals surface area contributed by atoms with Crippen molar-refractivity contribution in [2.75, 3.05) is 66.7 Å². The highest BCUT2D eigenvalue weighted by Gasteiger charge is 2.67. The lowest BCUT2D eigenvalue weighted by Crippen LogP contribution is -2.47. The average molecular weight is 1300 g/mol. The summed E-state index contributed by atoms with van der Waals surface area (Å²) in [5.74, 6) is -3.67. The second-order valence-corrected chi connectivity index (χ2v) is 28.5. The van der Waals surface area contributed by atoms with Crippen LogP contribution >= 0.6 is 0 Å². The van der Waals surface area contributed by atoms with Gasteiger partial charge in [-0.25, -0.2) is 22.5 Å². The van der Waals surface area contributed by atoms with E-state index in [4.69, 9.17) is 43.7 Å². The van der Waals surface area contributed by atoms with Crippen molar-refractivity contribution >= 4 is 12.2 Å². The van der Waals surface area contributed by atoms with Crippen LogP contribution in [0.2, 0.25) is 0 Å². The van der Waals surface area contributed by atoms with Crippen molar-refractivity contribution in [1.29, 1.82) is 0 Å². The molecule has 8 N–H and O–H groups in total. The van der Waals surface area contributed by atoms with Crippen molar-refractivity contribution in [3.8, 4) is 0 Å². The molecule has 2 saturated carbocycles. The van der Waals surface area contributed by atoms with E-state index in [1.54, 1.807) is 26.9 Å². The maximum absolute atomic E-state index is 12.9. The summed E-state index contributed by atoms with van der Waals surface area (Å²) in [4.78, 5) is 8.25. The van der Waals surface area contributed by atoms with Gasteiger partial charge in [0.15, 0.2) is 18.2 Å². The maximum atomic E-state index is 12.9. The van der Waals surface area contributed by atoms with Crippen molar-refractivity contribution in [2.24, 2.45) is 50.8 Å². The van der Waals surface area contributed by atoms with Crippen LogP contribution in [-0.4, -0.2) is 203 Å². The number of aliphatic imine (C=N–C) groups is 1. The second kappa shape index (κ2) is 32.3. The van der Waals surface area contributed by atoms with Crippen LogP contribution in [0.1, 0.15) is 181 Å². The van der Waals surface area contributed by atoms with Gasteiger partial charge < -0.3 is 83.7 Å². The molecule has 0 aromatic carbocycles. The molecule has 6 aliphatic heterocycles. The summed E-state index contributed by atoms with van der Waals surface area (Å²) >= 11 is 0. The number of methoxy groups -OCH3 is 4. The number of nitrogens with one attached hydrogen (secondary N) is 1. The average Bonchev–Trinajstić information content (AvgIpc) is 1.55. The molecule has 1 aromatic heterocycles. The first kappa shape index (κ1) is 81.5. The fourth-order valence-corrected chi connectivity index (χ4v) is 13.1. The Morgan fingerprint density at radius 1 is 0.678 bits per heavy atom. The van der Waals surface area contributed by atoms with Gasteiger partial charge in [0.25, 0.3) is 0 Å². The normalized spacial score (nSPS) is 38.2. The van der Waals surface area contributed by atoms with Gasteiger partial charge in [0.2, 0.25) is 0 Å². The summed E-state index contributed by atoms with van der Waals surface area (Å²) in [6, 6.07) is 0. The monoisotopic (exact) mass is 1300 g/mol. The Labute approximate surface area is 534 Å². The number of alkyl halides is 4. The molecule has 20 nitrogen and oxygen atoms in total.